The quantitative estimate of drug-likeness (QED) is 0.728. The largest absolute Gasteiger partial charge is 0.382 e. The number of halogens is 3. The average molecular weight is 316 g/mol. The minimum absolute atomic E-state index is 0.0109. The molecule has 0 aliphatic heterocycles. The lowest BCUT2D eigenvalue weighted by atomic mass is 10.5. The number of hydrogen-bond acceptors (Lipinski definition) is 5. The number of nitrogens with one attached hydrogen (secondary N) is 1. The van der Waals surface area contributed by atoms with Gasteiger partial charge in [0.1, 0.15) is 17.3 Å². The maximum absolute atomic E-state index is 11.7. The Hall–Kier alpha value is -1.03. The summed E-state index contributed by atoms with van der Waals surface area (Å²) >= 11 is 5.65. The fourth-order valence-electron chi connectivity index (χ4n) is 1.08. The van der Waals surface area contributed by atoms with E-state index in [0.717, 1.165) is 12.3 Å². The first-order chi connectivity index (χ1) is 8.83. The van der Waals surface area contributed by atoms with Crippen LogP contribution in [0.4, 0.5) is 14.6 Å². The molecule has 0 saturated carbocycles. The Morgan fingerprint density at radius 2 is 2.21 bits per heavy atom. The monoisotopic (exact) mass is 315 g/mol. The standard InChI is InChI=1S/C9H12ClF2N3O3S/c10-7-3-6(4-14-9(7)13)19(16,17)15-1-2-18-5-8(11)12/h3-4,8,15H,1-2,5H2,(H2,13,14). The van der Waals surface area contributed by atoms with Gasteiger partial charge in [0.25, 0.3) is 6.43 Å². The fraction of sp³-hybridized carbons (Fsp3) is 0.444. The molecule has 108 valence electrons. The molecule has 0 atom stereocenters. The molecular formula is C9H12ClF2N3O3S. The predicted octanol–water partition coefficient (Wildman–Crippen LogP) is 0.877. The second kappa shape index (κ2) is 6.94. The van der Waals surface area contributed by atoms with E-state index in [1.54, 1.807) is 0 Å². The van der Waals surface area contributed by atoms with Gasteiger partial charge in [0, 0.05) is 12.7 Å². The highest BCUT2D eigenvalue weighted by molar-refractivity contribution is 7.89. The summed E-state index contributed by atoms with van der Waals surface area (Å²) in [7, 11) is -3.82. The van der Waals surface area contributed by atoms with Crippen molar-refractivity contribution in [3.63, 3.8) is 0 Å². The molecule has 1 rings (SSSR count). The highest BCUT2D eigenvalue weighted by atomic mass is 35.5. The Morgan fingerprint density at radius 1 is 1.53 bits per heavy atom. The third-order valence-corrected chi connectivity index (χ3v) is 3.67. The number of aromatic nitrogens is 1. The minimum Gasteiger partial charge on any atom is -0.382 e. The number of hydrogen-bond donors (Lipinski definition) is 2. The van der Waals surface area contributed by atoms with Crippen molar-refractivity contribution in [2.24, 2.45) is 0 Å². The van der Waals surface area contributed by atoms with E-state index in [2.05, 4.69) is 14.4 Å². The van der Waals surface area contributed by atoms with E-state index in [9.17, 15) is 17.2 Å². The first kappa shape index (κ1) is 16.0. The molecule has 1 heterocycles. The average Bonchev–Trinajstić information content (AvgIpc) is 2.31. The Labute approximate surface area is 114 Å². The fourth-order valence-corrected chi connectivity index (χ4v) is 2.30. The van der Waals surface area contributed by atoms with Crippen molar-refractivity contribution in [2.45, 2.75) is 11.3 Å². The second-order valence-electron chi connectivity index (χ2n) is 3.40. The molecule has 0 amide bonds. The topological polar surface area (TPSA) is 94.3 Å². The molecule has 0 radical (unpaired) electrons. The molecule has 1 aromatic rings. The van der Waals surface area contributed by atoms with Crippen LogP contribution in [0, 0.1) is 0 Å². The van der Waals surface area contributed by atoms with Crippen LogP contribution < -0.4 is 10.5 Å². The van der Waals surface area contributed by atoms with E-state index >= 15 is 0 Å². The van der Waals surface area contributed by atoms with E-state index in [-0.39, 0.29) is 28.9 Å². The molecule has 0 aliphatic carbocycles. The molecule has 10 heteroatoms. The Morgan fingerprint density at radius 3 is 2.79 bits per heavy atom. The molecule has 3 N–H and O–H groups in total. The zero-order valence-electron chi connectivity index (χ0n) is 9.64. The van der Waals surface area contributed by atoms with Crippen LogP contribution in [0.25, 0.3) is 0 Å². The van der Waals surface area contributed by atoms with E-state index in [0.29, 0.717) is 0 Å². The van der Waals surface area contributed by atoms with Gasteiger partial charge >= 0.3 is 0 Å². The van der Waals surface area contributed by atoms with E-state index in [1.807, 2.05) is 0 Å². The minimum atomic E-state index is -3.82. The summed E-state index contributed by atoms with van der Waals surface area (Å²) in [5, 5.41) is 0.0109. The summed E-state index contributed by atoms with van der Waals surface area (Å²) in [4.78, 5) is 3.44. The number of sulfonamides is 1. The lowest BCUT2D eigenvalue weighted by Crippen LogP contribution is -2.28. The molecule has 0 bridgehead atoms. The lowest BCUT2D eigenvalue weighted by molar-refractivity contribution is 0.0199. The normalized spacial score (nSPS) is 12.0. The maximum atomic E-state index is 11.7. The van der Waals surface area contributed by atoms with Gasteiger partial charge in [0.2, 0.25) is 10.0 Å². The number of rotatable bonds is 7. The van der Waals surface area contributed by atoms with Crippen molar-refractivity contribution in [1.29, 1.82) is 0 Å². The Kier molecular flexibility index (Phi) is 5.85. The summed E-state index contributed by atoms with van der Waals surface area (Å²) < 4.78 is 53.7. The molecule has 0 saturated heterocycles. The van der Waals surface area contributed by atoms with Crippen molar-refractivity contribution in [1.82, 2.24) is 9.71 Å². The SMILES string of the molecule is Nc1ncc(S(=O)(=O)NCCOCC(F)F)cc1Cl. The van der Waals surface area contributed by atoms with Crippen LogP contribution in [-0.4, -0.2) is 39.6 Å². The molecule has 0 spiro atoms. The van der Waals surface area contributed by atoms with Gasteiger partial charge in [-0.25, -0.2) is 26.9 Å². The molecule has 19 heavy (non-hydrogen) atoms. The van der Waals surface area contributed by atoms with Crippen LogP contribution in [0.1, 0.15) is 0 Å². The van der Waals surface area contributed by atoms with E-state index in [4.69, 9.17) is 17.3 Å². The van der Waals surface area contributed by atoms with Gasteiger partial charge in [-0.2, -0.15) is 0 Å². The number of anilines is 1. The Balaban J connectivity index is 2.54. The lowest BCUT2D eigenvalue weighted by Gasteiger charge is -2.08. The molecule has 0 aromatic carbocycles. The summed E-state index contributed by atoms with van der Waals surface area (Å²) in [6.45, 7) is -1.05. The van der Waals surface area contributed by atoms with Gasteiger partial charge < -0.3 is 10.5 Å². The molecule has 0 fully saturated rings. The van der Waals surface area contributed by atoms with Crippen LogP contribution in [0.3, 0.4) is 0 Å². The number of alkyl halides is 2. The van der Waals surface area contributed by atoms with Crippen molar-refractivity contribution < 1.29 is 21.9 Å². The number of nitrogens with zero attached hydrogens (tertiary/aromatic N) is 1. The van der Waals surface area contributed by atoms with Crippen molar-refractivity contribution in [2.75, 3.05) is 25.5 Å². The van der Waals surface area contributed by atoms with Crippen LogP contribution in [0.2, 0.25) is 5.02 Å². The zero-order valence-corrected chi connectivity index (χ0v) is 11.2. The highest BCUT2D eigenvalue weighted by Gasteiger charge is 2.15. The smallest absolute Gasteiger partial charge is 0.261 e. The summed E-state index contributed by atoms with van der Waals surface area (Å²) in [6.07, 6.45) is -1.54. The van der Waals surface area contributed by atoms with Gasteiger partial charge in [0.05, 0.1) is 11.6 Å². The van der Waals surface area contributed by atoms with Gasteiger partial charge in [0.15, 0.2) is 0 Å². The Bertz CT molecular complexity index is 527. The van der Waals surface area contributed by atoms with Crippen LogP contribution >= 0.6 is 11.6 Å². The first-order valence-electron chi connectivity index (χ1n) is 5.09. The summed E-state index contributed by atoms with van der Waals surface area (Å²) in [6, 6.07) is 1.15. The molecule has 6 nitrogen and oxygen atoms in total. The van der Waals surface area contributed by atoms with E-state index < -0.39 is 23.1 Å². The van der Waals surface area contributed by atoms with Crippen LogP contribution in [-0.2, 0) is 14.8 Å². The zero-order chi connectivity index (χ0) is 14.5. The molecule has 0 unspecified atom stereocenters. The van der Waals surface area contributed by atoms with Gasteiger partial charge in [-0.15, -0.1) is 0 Å². The van der Waals surface area contributed by atoms with Gasteiger partial charge in [-0.3, -0.25) is 0 Å². The van der Waals surface area contributed by atoms with Crippen LogP contribution in [0.5, 0.6) is 0 Å². The summed E-state index contributed by atoms with van der Waals surface area (Å²) in [5.41, 5.74) is 5.35. The maximum Gasteiger partial charge on any atom is 0.261 e. The van der Waals surface area contributed by atoms with E-state index in [1.165, 1.54) is 0 Å². The third-order valence-electron chi connectivity index (χ3n) is 1.94. The number of pyridine rings is 1. The van der Waals surface area contributed by atoms with Crippen molar-refractivity contribution in [3.8, 4) is 0 Å². The van der Waals surface area contributed by atoms with Gasteiger partial charge in [-0.1, -0.05) is 11.6 Å². The molecule has 1 aromatic heterocycles. The highest BCUT2D eigenvalue weighted by Crippen LogP contribution is 2.19. The first-order valence-corrected chi connectivity index (χ1v) is 6.95. The third kappa shape index (κ3) is 5.23. The van der Waals surface area contributed by atoms with Crippen LogP contribution in [0.15, 0.2) is 17.2 Å². The second-order valence-corrected chi connectivity index (χ2v) is 5.58. The number of ether oxygens (including phenoxy) is 1. The van der Waals surface area contributed by atoms with Gasteiger partial charge in [-0.05, 0) is 6.07 Å². The molecule has 0 aliphatic rings. The molecular weight excluding hydrogens is 304 g/mol. The van der Waals surface area contributed by atoms with Crippen molar-refractivity contribution >= 4 is 27.4 Å². The predicted molar refractivity (Wildman–Crippen MR) is 65.7 cm³/mol. The van der Waals surface area contributed by atoms with Crippen molar-refractivity contribution in [3.05, 3.63) is 17.3 Å². The summed E-state index contributed by atoms with van der Waals surface area (Å²) in [5.74, 6) is 0.0147. The number of nitrogen functional groups attached to an aromatic ring is 1. The number of nitrogens with two attached hydrogens (primary N) is 1.